The topological polar surface area (TPSA) is 220 Å². The van der Waals surface area contributed by atoms with Crippen molar-refractivity contribution in [1.82, 2.24) is 30.5 Å². The van der Waals surface area contributed by atoms with E-state index in [1.807, 2.05) is 0 Å². The van der Waals surface area contributed by atoms with Gasteiger partial charge in [-0.25, -0.2) is 19.2 Å². The summed E-state index contributed by atoms with van der Waals surface area (Å²) in [5, 5.41) is 28.0. The highest BCUT2D eigenvalue weighted by Gasteiger charge is 2.64. The fraction of sp³-hybridized carbons (Fsp3) is 0.379. The van der Waals surface area contributed by atoms with Crippen LogP contribution in [0.1, 0.15) is 31.9 Å². The van der Waals surface area contributed by atoms with Crippen LogP contribution in [0.3, 0.4) is 0 Å². The Balaban J connectivity index is 1.68. The number of amides is 6. The van der Waals surface area contributed by atoms with Crippen molar-refractivity contribution in [1.29, 1.82) is 0 Å². The summed E-state index contributed by atoms with van der Waals surface area (Å²) in [5.74, 6) is -4.35. The molecule has 0 radical (unpaired) electrons. The van der Waals surface area contributed by atoms with Gasteiger partial charge in [0.2, 0.25) is 23.6 Å². The number of nitrogens with one attached hydrogen (secondary N) is 4. The summed E-state index contributed by atoms with van der Waals surface area (Å²) < 4.78 is 1.89. The van der Waals surface area contributed by atoms with Crippen LogP contribution in [-0.2, 0) is 24.0 Å². The van der Waals surface area contributed by atoms with Gasteiger partial charge in [0, 0.05) is 24.9 Å². The van der Waals surface area contributed by atoms with E-state index in [2.05, 4.69) is 20.7 Å². The van der Waals surface area contributed by atoms with Crippen LogP contribution < -0.4 is 20.7 Å². The Hall–Kier alpha value is -4.68. The number of benzene rings is 2. The third-order valence-corrected chi connectivity index (χ3v) is 10.1. The molecule has 2 saturated heterocycles. The molecule has 2 heterocycles. The molecule has 18 heteroatoms. The van der Waals surface area contributed by atoms with Gasteiger partial charge >= 0.3 is 12.0 Å². The summed E-state index contributed by atoms with van der Waals surface area (Å²) in [4.78, 5) is 92.2. The SMILES string of the molecule is CNC(=O)CC(NSc1ccccc1[N+](=O)[O-])C(=O)N(C(=O)NC)C(C(=O)N[C@@H]1C(=O)N2[C@@H]1SC(C)(C)[C@@H]2C(=O)O)c1ccccc1. The molecule has 5 atom stereocenters. The zero-order valence-corrected chi connectivity index (χ0v) is 27.3. The first-order chi connectivity index (χ1) is 22.2. The predicted molar refractivity (Wildman–Crippen MR) is 171 cm³/mol. The molecule has 250 valence electrons. The number of β-lactam (4-membered cyclic amide) rings is 1. The van der Waals surface area contributed by atoms with Gasteiger partial charge in [0.05, 0.1) is 11.3 Å². The van der Waals surface area contributed by atoms with Crippen molar-refractivity contribution >= 4 is 65.0 Å². The van der Waals surface area contributed by atoms with Gasteiger partial charge in [0.25, 0.3) is 5.69 Å². The van der Waals surface area contributed by atoms with Crippen molar-refractivity contribution in [2.24, 2.45) is 0 Å². The number of fused-ring (bicyclic) bond motifs is 1. The van der Waals surface area contributed by atoms with Gasteiger partial charge in [-0.1, -0.05) is 42.5 Å². The summed E-state index contributed by atoms with van der Waals surface area (Å²) in [6, 6.07) is 7.12. The second-order valence-corrected chi connectivity index (χ2v) is 13.7. The number of nitro benzene ring substituents is 1. The minimum atomic E-state index is -1.65. The zero-order chi connectivity index (χ0) is 34.6. The number of rotatable bonds is 12. The highest BCUT2D eigenvalue weighted by molar-refractivity contribution is 8.01. The molecule has 16 nitrogen and oxygen atoms in total. The normalized spacial score (nSPS) is 20.6. The minimum absolute atomic E-state index is 0.126. The summed E-state index contributed by atoms with van der Waals surface area (Å²) >= 11 is 1.91. The second kappa shape index (κ2) is 14.4. The molecule has 47 heavy (non-hydrogen) atoms. The Labute approximate surface area is 277 Å². The summed E-state index contributed by atoms with van der Waals surface area (Å²) in [7, 11) is 2.58. The van der Waals surface area contributed by atoms with E-state index >= 15 is 0 Å². The molecule has 2 aliphatic rings. The van der Waals surface area contributed by atoms with Gasteiger partial charge in [0.15, 0.2) is 0 Å². The molecule has 2 unspecified atom stereocenters. The number of thioether (sulfide) groups is 1. The molecule has 0 saturated carbocycles. The molecule has 2 aromatic rings. The van der Waals surface area contributed by atoms with Crippen LogP contribution in [0.15, 0.2) is 59.5 Å². The molecule has 2 fully saturated rings. The first-order valence-corrected chi connectivity index (χ1v) is 15.9. The van der Waals surface area contributed by atoms with E-state index < -0.39 is 81.3 Å². The first-order valence-electron chi connectivity index (χ1n) is 14.2. The number of urea groups is 1. The Morgan fingerprint density at radius 1 is 1.06 bits per heavy atom. The van der Waals surface area contributed by atoms with Crippen LogP contribution in [0.5, 0.6) is 0 Å². The lowest BCUT2D eigenvalue weighted by Gasteiger charge is -2.44. The fourth-order valence-corrected chi connectivity index (χ4v) is 7.83. The van der Waals surface area contributed by atoms with Gasteiger partial charge in [0.1, 0.15) is 34.4 Å². The van der Waals surface area contributed by atoms with Crippen LogP contribution in [0.4, 0.5) is 10.5 Å². The number of imide groups is 1. The van der Waals surface area contributed by atoms with E-state index in [1.54, 1.807) is 38.1 Å². The number of carbonyl (C=O) groups is 6. The summed E-state index contributed by atoms with van der Waals surface area (Å²) in [6.45, 7) is 3.36. The summed E-state index contributed by atoms with van der Waals surface area (Å²) in [6.07, 6.45) is -0.514. The fourth-order valence-electron chi connectivity index (χ4n) is 5.36. The number of para-hydroxylation sites is 1. The molecule has 5 N–H and O–H groups in total. The van der Waals surface area contributed by atoms with Crippen LogP contribution in [0, 0.1) is 10.1 Å². The first kappa shape index (κ1) is 35.2. The molecule has 0 spiro atoms. The third-order valence-electron chi connectivity index (χ3n) is 7.60. The lowest BCUT2D eigenvalue weighted by atomic mass is 9.95. The molecule has 0 bridgehead atoms. The number of carbonyl (C=O) groups excluding carboxylic acids is 5. The Bertz CT molecular complexity index is 1590. The molecular formula is C29H33N7O9S2. The largest absolute Gasteiger partial charge is 0.480 e. The van der Waals surface area contributed by atoms with E-state index in [9.17, 15) is 44.0 Å². The minimum Gasteiger partial charge on any atom is -0.480 e. The zero-order valence-electron chi connectivity index (χ0n) is 25.7. The molecule has 0 aromatic heterocycles. The van der Waals surface area contributed by atoms with Crippen molar-refractivity contribution < 1.29 is 38.8 Å². The molecular weight excluding hydrogens is 654 g/mol. The Kier molecular flexibility index (Phi) is 10.8. The van der Waals surface area contributed by atoms with E-state index in [1.165, 1.54) is 61.1 Å². The number of carboxylic acid groups (broad SMARTS) is 1. The maximum Gasteiger partial charge on any atom is 0.327 e. The molecule has 2 aliphatic heterocycles. The quantitative estimate of drug-likeness (QED) is 0.0921. The lowest BCUT2D eigenvalue weighted by molar-refractivity contribution is -0.387. The number of hydrogen-bond acceptors (Lipinski definition) is 11. The molecule has 0 aliphatic carbocycles. The number of nitro groups is 1. The number of carboxylic acids is 1. The van der Waals surface area contributed by atoms with Crippen molar-refractivity contribution in [2.75, 3.05) is 14.1 Å². The van der Waals surface area contributed by atoms with Gasteiger partial charge < -0.3 is 26.0 Å². The van der Waals surface area contributed by atoms with E-state index in [0.29, 0.717) is 16.8 Å². The van der Waals surface area contributed by atoms with Gasteiger partial charge in [-0.3, -0.25) is 29.3 Å². The molecule has 2 aromatic carbocycles. The second-order valence-electron chi connectivity index (χ2n) is 11.0. The average molecular weight is 688 g/mol. The maximum absolute atomic E-state index is 14.2. The molecule has 6 amide bonds. The smallest absolute Gasteiger partial charge is 0.327 e. The Morgan fingerprint density at radius 2 is 1.70 bits per heavy atom. The van der Waals surface area contributed by atoms with Crippen LogP contribution in [0.2, 0.25) is 0 Å². The number of hydrogen-bond donors (Lipinski definition) is 5. The van der Waals surface area contributed by atoms with Crippen LogP contribution in [-0.4, -0.2) is 97.8 Å². The van der Waals surface area contributed by atoms with Gasteiger partial charge in [-0.15, -0.1) is 11.8 Å². The Morgan fingerprint density at radius 3 is 2.30 bits per heavy atom. The van der Waals surface area contributed by atoms with Crippen molar-refractivity contribution in [2.45, 2.75) is 59.5 Å². The highest BCUT2D eigenvalue weighted by Crippen LogP contribution is 2.51. The van der Waals surface area contributed by atoms with Crippen molar-refractivity contribution in [3.8, 4) is 0 Å². The number of nitrogens with zero attached hydrogens (tertiary/aromatic N) is 3. The maximum atomic E-state index is 14.2. The summed E-state index contributed by atoms with van der Waals surface area (Å²) in [5.41, 5.74) is -0.0726. The van der Waals surface area contributed by atoms with E-state index in [0.717, 1.165) is 0 Å². The predicted octanol–water partition coefficient (Wildman–Crippen LogP) is 1.24. The monoisotopic (exact) mass is 687 g/mol. The van der Waals surface area contributed by atoms with Crippen LogP contribution >= 0.6 is 23.7 Å². The number of aliphatic carboxylic acids is 1. The standard InChI is InChI=1S/C29H33N7O9S2/c1-29(2)22(27(41)42)35-25(40)20(26(35)46-29)32-23(38)21(15-10-6-5-7-11-15)34(28(43)31-4)24(39)16(14-19(37)30-3)33-47-18-13-9-8-12-17(18)36(44)45/h5-13,16,20-22,26,33H,14H2,1-4H3,(H,30,37)(H,31,43)(H,32,38)(H,41,42)/t16?,20-,21?,22+,26-/m1/s1. The highest BCUT2D eigenvalue weighted by atomic mass is 32.2. The van der Waals surface area contributed by atoms with Crippen molar-refractivity contribution in [3.63, 3.8) is 0 Å². The third kappa shape index (κ3) is 7.18. The lowest BCUT2D eigenvalue weighted by Crippen LogP contribution is -2.71. The molecule has 4 rings (SSSR count). The van der Waals surface area contributed by atoms with Gasteiger partial charge in [-0.05, 0) is 37.4 Å². The average Bonchev–Trinajstić information content (AvgIpc) is 3.31. The van der Waals surface area contributed by atoms with Gasteiger partial charge in [-0.2, -0.15) is 0 Å². The van der Waals surface area contributed by atoms with E-state index in [4.69, 9.17) is 0 Å². The van der Waals surface area contributed by atoms with E-state index in [-0.39, 0.29) is 16.1 Å². The van der Waals surface area contributed by atoms with Crippen molar-refractivity contribution in [3.05, 3.63) is 70.3 Å². The van der Waals surface area contributed by atoms with Crippen LogP contribution in [0.25, 0.3) is 0 Å².